The number of carbonyl (C=O) groups is 1. The molecule has 164 valence electrons. The van der Waals surface area contributed by atoms with Gasteiger partial charge in [-0.05, 0) is 31.9 Å². The quantitative estimate of drug-likeness (QED) is 0.480. The van der Waals surface area contributed by atoms with Gasteiger partial charge in [0, 0.05) is 36.1 Å². The molecule has 0 aromatic carbocycles. The highest BCUT2D eigenvalue weighted by Gasteiger charge is 2.20. The Kier molecular flexibility index (Phi) is 5.28. The molecule has 5 rings (SSSR count). The molecule has 0 spiro atoms. The molecule has 4 aromatic heterocycles. The van der Waals surface area contributed by atoms with E-state index in [0.717, 1.165) is 41.7 Å². The van der Waals surface area contributed by atoms with Gasteiger partial charge in [0.2, 0.25) is 0 Å². The highest BCUT2D eigenvalue weighted by molar-refractivity contribution is 6.05. The van der Waals surface area contributed by atoms with E-state index in [1.807, 2.05) is 17.7 Å². The van der Waals surface area contributed by atoms with Gasteiger partial charge in [-0.3, -0.25) is 9.48 Å². The number of nitrogens with zero attached hydrogens (tertiary/aromatic N) is 5. The predicted molar refractivity (Wildman–Crippen MR) is 118 cm³/mol. The number of aromatic amines is 1. The molecule has 4 aromatic rings. The maximum atomic E-state index is 12.8. The summed E-state index contributed by atoms with van der Waals surface area (Å²) in [5, 5.41) is 8.13. The van der Waals surface area contributed by atoms with Crippen LogP contribution in [0.25, 0.3) is 22.3 Å². The second-order valence-corrected chi connectivity index (χ2v) is 7.68. The van der Waals surface area contributed by atoms with Gasteiger partial charge in [0.25, 0.3) is 5.91 Å². The normalized spacial score (nSPS) is 15.9. The summed E-state index contributed by atoms with van der Waals surface area (Å²) in [7, 11) is 1.52. The molecular weight excluding hydrogens is 410 g/mol. The average Bonchev–Trinajstić information content (AvgIpc) is 3.55. The second-order valence-electron chi connectivity index (χ2n) is 7.68. The molecule has 5 heterocycles. The third-order valence-corrected chi connectivity index (χ3v) is 5.59. The Balaban J connectivity index is 1.34. The van der Waals surface area contributed by atoms with E-state index >= 15 is 0 Å². The molecule has 10 nitrogen and oxygen atoms in total. The van der Waals surface area contributed by atoms with E-state index in [9.17, 15) is 4.79 Å². The van der Waals surface area contributed by atoms with Crippen LogP contribution in [-0.2, 0) is 11.3 Å². The molecule has 1 atom stereocenters. The highest BCUT2D eigenvalue weighted by atomic mass is 16.5. The van der Waals surface area contributed by atoms with Crippen molar-refractivity contribution in [2.24, 2.45) is 0 Å². The minimum absolute atomic E-state index is 0.158. The monoisotopic (exact) mass is 433 g/mol. The lowest BCUT2D eigenvalue weighted by Gasteiger charge is -2.11. The van der Waals surface area contributed by atoms with Crippen LogP contribution in [0.4, 0.5) is 5.82 Å². The molecule has 0 aliphatic carbocycles. The van der Waals surface area contributed by atoms with Gasteiger partial charge in [-0.25, -0.2) is 9.97 Å². The molecule has 0 bridgehead atoms. The van der Waals surface area contributed by atoms with Gasteiger partial charge < -0.3 is 19.8 Å². The van der Waals surface area contributed by atoms with Crippen LogP contribution in [-0.4, -0.2) is 55.4 Å². The Labute approximate surface area is 184 Å². The van der Waals surface area contributed by atoms with Crippen LogP contribution in [0.15, 0.2) is 36.8 Å². The summed E-state index contributed by atoms with van der Waals surface area (Å²) in [6.45, 7) is 3.33. The molecule has 10 heteroatoms. The van der Waals surface area contributed by atoms with Crippen LogP contribution in [0.2, 0.25) is 0 Å². The lowest BCUT2D eigenvalue weighted by atomic mass is 10.2. The van der Waals surface area contributed by atoms with Crippen molar-refractivity contribution in [2.75, 3.05) is 19.0 Å². The number of rotatable bonds is 6. The zero-order valence-electron chi connectivity index (χ0n) is 17.8. The predicted octanol–water partition coefficient (Wildman–Crippen LogP) is 2.96. The maximum Gasteiger partial charge on any atom is 0.316 e. The van der Waals surface area contributed by atoms with Crippen molar-refractivity contribution < 1.29 is 14.3 Å². The number of fused-ring (bicyclic) bond motifs is 1. The molecule has 0 saturated carbocycles. The molecule has 1 saturated heterocycles. The third kappa shape index (κ3) is 3.92. The molecule has 0 radical (unpaired) electrons. The second kappa shape index (κ2) is 8.39. The molecule has 1 unspecified atom stereocenters. The number of nitrogens with one attached hydrogen (secondary N) is 2. The van der Waals surface area contributed by atoms with Crippen molar-refractivity contribution in [3.05, 3.63) is 48.0 Å². The molecule has 1 aliphatic rings. The van der Waals surface area contributed by atoms with E-state index < -0.39 is 0 Å². The number of anilines is 1. The fraction of sp³-hybridized carbons (Fsp3) is 0.318. The van der Waals surface area contributed by atoms with Crippen molar-refractivity contribution >= 4 is 22.6 Å². The van der Waals surface area contributed by atoms with Crippen LogP contribution in [0.1, 0.15) is 28.9 Å². The number of carbonyl (C=O) groups excluding carboxylic acids is 1. The third-order valence-electron chi connectivity index (χ3n) is 5.59. The standard InChI is InChI=1S/C22H23N7O3/c1-13-16(11-25-29(13)12-15-4-3-7-32-15)21(30)28-20-9-18-14(10-24-20)8-19(26-18)17-5-6-23-22(27-17)31-2/h5-6,8-11,15,26H,3-4,7,12H2,1-2H3,(H,24,28,30). The number of pyridine rings is 1. The summed E-state index contributed by atoms with van der Waals surface area (Å²) in [6, 6.07) is 5.82. The van der Waals surface area contributed by atoms with Crippen molar-refractivity contribution in [1.82, 2.24) is 29.7 Å². The minimum Gasteiger partial charge on any atom is -0.467 e. The maximum absolute atomic E-state index is 12.8. The van der Waals surface area contributed by atoms with Gasteiger partial charge in [-0.1, -0.05) is 0 Å². The summed E-state index contributed by atoms with van der Waals surface area (Å²) in [6.07, 6.45) is 7.18. The summed E-state index contributed by atoms with van der Waals surface area (Å²) in [5.41, 5.74) is 3.66. The van der Waals surface area contributed by atoms with E-state index in [2.05, 4.69) is 30.4 Å². The molecule has 1 amide bonds. The first-order chi connectivity index (χ1) is 15.6. The fourth-order valence-corrected chi connectivity index (χ4v) is 3.84. The largest absolute Gasteiger partial charge is 0.467 e. The Morgan fingerprint density at radius 1 is 1.34 bits per heavy atom. The molecule has 1 aliphatic heterocycles. The number of methoxy groups -OCH3 is 1. The summed E-state index contributed by atoms with van der Waals surface area (Å²) in [5.74, 6) is 0.197. The summed E-state index contributed by atoms with van der Waals surface area (Å²) in [4.78, 5) is 28.9. The van der Waals surface area contributed by atoms with Crippen LogP contribution < -0.4 is 10.1 Å². The van der Waals surface area contributed by atoms with Gasteiger partial charge >= 0.3 is 6.01 Å². The number of H-pyrrole nitrogens is 1. The zero-order chi connectivity index (χ0) is 22.1. The van der Waals surface area contributed by atoms with Crippen molar-refractivity contribution in [1.29, 1.82) is 0 Å². The average molecular weight is 433 g/mol. The first-order valence-corrected chi connectivity index (χ1v) is 10.4. The van der Waals surface area contributed by atoms with E-state index in [1.54, 1.807) is 30.7 Å². The Morgan fingerprint density at radius 2 is 2.25 bits per heavy atom. The topological polar surface area (TPSA) is 120 Å². The van der Waals surface area contributed by atoms with E-state index in [4.69, 9.17) is 9.47 Å². The first kappa shape index (κ1) is 20.1. The lowest BCUT2D eigenvalue weighted by molar-refractivity contribution is 0.0932. The Hall–Kier alpha value is -3.79. The first-order valence-electron chi connectivity index (χ1n) is 10.4. The number of ether oxygens (including phenoxy) is 2. The molecule has 1 fully saturated rings. The molecule has 2 N–H and O–H groups in total. The number of aromatic nitrogens is 6. The summed E-state index contributed by atoms with van der Waals surface area (Å²) >= 11 is 0. The smallest absolute Gasteiger partial charge is 0.316 e. The van der Waals surface area contributed by atoms with Crippen molar-refractivity contribution in [3.63, 3.8) is 0 Å². The van der Waals surface area contributed by atoms with Gasteiger partial charge in [-0.15, -0.1) is 0 Å². The highest BCUT2D eigenvalue weighted by Crippen LogP contribution is 2.25. The van der Waals surface area contributed by atoms with Crippen LogP contribution in [0.3, 0.4) is 0 Å². The van der Waals surface area contributed by atoms with Gasteiger partial charge in [0.15, 0.2) is 0 Å². The van der Waals surface area contributed by atoms with Gasteiger partial charge in [0.1, 0.15) is 5.82 Å². The lowest BCUT2D eigenvalue weighted by Crippen LogP contribution is -2.18. The van der Waals surface area contributed by atoms with Crippen LogP contribution in [0.5, 0.6) is 6.01 Å². The van der Waals surface area contributed by atoms with Crippen LogP contribution in [0, 0.1) is 6.92 Å². The Bertz CT molecular complexity index is 1270. The van der Waals surface area contributed by atoms with Gasteiger partial charge in [0.05, 0.1) is 48.4 Å². The van der Waals surface area contributed by atoms with E-state index in [0.29, 0.717) is 29.6 Å². The number of amides is 1. The SMILES string of the molecule is COc1nccc(-c2cc3cnc(NC(=O)c4cnn(CC5CCCO5)c4C)cc3[nH]2)n1. The molecule has 32 heavy (non-hydrogen) atoms. The number of hydrogen-bond acceptors (Lipinski definition) is 7. The Morgan fingerprint density at radius 3 is 3.06 bits per heavy atom. The van der Waals surface area contributed by atoms with Gasteiger partial charge in [-0.2, -0.15) is 10.1 Å². The van der Waals surface area contributed by atoms with Crippen LogP contribution >= 0.6 is 0 Å². The van der Waals surface area contributed by atoms with Crippen molar-refractivity contribution in [2.45, 2.75) is 32.4 Å². The van der Waals surface area contributed by atoms with E-state index in [1.165, 1.54) is 7.11 Å². The zero-order valence-corrected chi connectivity index (χ0v) is 17.8. The van der Waals surface area contributed by atoms with Crippen molar-refractivity contribution in [3.8, 4) is 17.4 Å². The minimum atomic E-state index is -0.250. The fourth-order valence-electron chi connectivity index (χ4n) is 3.84. The number of hydrogen-bond donors (Lipinski definition) is 2. The molecular formula is C22H23N7O3. The van der Waals surface area contributed by atoms with E-state index in [-0.39, 0.29) is 12.0 Å². The summed E-state index contributed by atoms with van der Waals surface area (Å²) < 4.78 is 12.6.